The first-order valence-corrected chi connectivity index (χ1v) is 31.9. The second-order valence-corrected chi connectivity index (χ2v) is 26.9. The third-order valence-electron chi connectivity index (χ3n) is 12.3. The molecule has 65 heavy (non-hydrogen) atoms. The topological polar surface area (TPSA) is 27.7 Å². The lowest BCUT2D eigenvalue weighted by atomic mass is 10.1. The summed E-state index contributed by atoms with van der Waals surface area (Å²) in [6.45, 7) is 4.39. The Balaban J connectivity index is 0.000000146. The molecule has 0 unspecified atom stereocenters. The molecule has 0 spiro atoms. The van der Waals surface area contributed by atoms with E-state index in [4.69, 9.17) is 14.2 Å². The van der Waals surface area contributed by atoms with Crippen LogP contribution in [0.5, 0.6) is 0 Å². The maximum atomic E-state index is 5.58. The molecule has 0 aliphatic carbocycles. The fourth-order valence-corrected chi connectivity index (χ4v) is 19.2. The van der Waals surface area contributed by atoms with E-state index in [-0.39, 0.29) is 0 Å². The van der Waals surface area contributed by atoms with Gasteiger partial charge in [-0.15, -0.1) is 23.5 Å². The van der Waals surface area contributed by atoms with Crippen LogP contribution in [0.2, 0.25) is 0 Å². The summed E-state index contributed by atoms with van der Waals surface area (Å²) in [7, 11) is 4.87. The number of unbranched alkanes of at least 4 members (excludes halogenated alkanes) is 1. The van der Waals surface area contributed by atoms with E-state index in [1.807, 2.05) is 23.5 Å². The molecule has 6 aromatic rings. The zero-order valence-corrected chi connectivity index (χ0v) is 44.2. The first-order chi connectivity index (χ1) is 32.2. The van der Waals surface area contributed by atoms with Crippen LogP contribution in [0, 0.1) is 0 Å². The van der Waals surface area contributed by atoms with Crippen LogP contribution in [0.3, 0.4) is 0 Å². The Morgan fingerprint density at radius 3 is 1.17 bits per heavy atom. The lowest BCUT2D eigenvalue weighted by Crippen LogP contribution is -2.17. The summed E-state index contributed by atoms with van der Waals surface area (Å²) in [5, 5.41) is 8.73. The van der Waals surface area contributed by atoms with Crippen LogP contribution in [0.1, 0.15) is 77.6 Å². The Morgan fingerprint density at radius 2 is 0.785 bits per heavy atom. The second kappa shape index (κ2) is 28.5. The molecular formula is C56H73O3S6+3. The normalized spacial score (nSPS) is 16.3. The van der Waals surface area contributed by atoms with Gasteiger partial charge in [0, 0.05) is 99.7 Å². The van der Waals surface area contributed by atoms with Crippen LogP contribution in [0.4, 0.5) is 0 Å². The van der Waals surface area contributed by atoms with Crippen molar-refractivity contribution in [3.05, 3.63) is 109 Å². The van der Waals surface area contributed by atoms with Gasteiger partial charge in [-0.1, -0.05) is 79.7 Å². The summed E-state index contributed by atoms with van der Waals surface area (Å²) < 4.78 is 15.8. The second-order valence-electron chi connectivity index (χ2n) is 16.9. The predicted octanol–water partition coefficient (Wildman–Crippen LogP) is 15.3. The number of hydrogen-bond donors (Lipinski definition) is 0. The van der Waals surface area contributed by atoms with Crippen LogP contribution in [0.15, 0.2) is 139 Å². The molecule has 348 valence electrons. The molecule has 3 aliphatic heterocycles. The fourth-order valence-electron chi connectivity index (χ4n) is 8.92. The van der Waals surface area contributed by atoms with E-state index in [0.717, 1.165) is 18.3 Å². The van der Waals surface area contributed by atoms with E-state index in [2.05, 4.69) is 116 Å². The summed E-state index contributed by atoms with van der Waals surface area (Å²) in [6, 6.07) is 41.1. The number of ether oxygens (including phenoxy) is 3. The van der Waals surface area contributed by atoms with Gasteiger partial charge in [0.2, 0.25) is 0 Å². The Hall–Kier alpha value is -1.92. The summed E-state index contributed by atoms with van der Waals surface area (Å²) >= 11 is 5.72. The fraction of sp³-hybridized carbons (Fsp3) is 0.464. The molecule has 3 nitrogen and oxygen atoms in total. The van der Waals surface area contributed by atoms with Gasteiger partial charge in [-0.05, 0) is 125 Å². The molecule has 0 radical (unpaired) electrons. The van der Waals surface area contributed by atoms with Crippen molar-refractivity contribution in [1.29, 1.82) is 0 Å². The number of rotatable bonds is 17. The summed E-state index contributed by atoms with van der Waals surface area (Å²) in [6.07, 6.45) is 15.3. The van der Waals surface area contributed by atoms with Crippen molar-refractivity contribution in [2.24, 2.45) is 0 Å². The molecule has 9 rings (SSSR count). The minimum absolute atomic E-state index is 0.450. The number of fused-ring (bicyclic) bond motifs is 3. The first-order valence-electron chi connectivity index (χ1n) is 24.2. The van der Waals surface area contributed by atoms with E-state index >= 15 is 0 Å². The molecule has 6 aromatic carbocycles. The standard InChI is InChI=1S/C20H27O2S2.C19H25S2.C17H21OS2/c1-21-11-12-22-13-14-23-19-9-10-20(24-15-5-2-6-16-24)18-8-4-3-7-17(18)19;1-2-3-13-20-18-11-12-19(21-14-7-4-8-15-21)17-10-6-5-9-16(17)18;1-18-13-19-16-9-10-17(20-11-5-2-6-12-20)15-8-4-3-7-14(15)16/h3-4,7-10H,2,5-6,11-16H2,1H3;5-6,9-12H,2-4,7-8,13-15H2,1H3;3-4,7-10H,2,5-6,11-13H2,1H3/q3*+1. The Labute approximate surface area is 413 Å². The van der Waals surface area contributed by atoms with E-state index in [1.165, 1.54) is 158 Å². The van der Waals surface area contributed by atoms with Crippen molar-refractivity contribution >= 4 is 100 Å². The molecule has 0 bridgehead atoms. The zero-order chi connectivity index (χ0) is 44.9. The third kappa shape index (κ3) is 14.8. The molecule has 9 heteroatoms. The van der Waals surface area contributed by atoms with Gasteiger partial charge in [-0.2, -0.15) is 0 Å². The average molecular weight is 987 g/mol. The molecule has 3 aliphatic rings. The summed E-state index contributed by atoms with van der Waals surface area (Å²) in [5.74, 6) is 11.3. The highest BCUT2D eigenvalue weighted by Gasteiger charge is 2.29. The van der Waals surface area contributed by atoms with E-state index < -0.39 is 0 Å². The van der Waals surface area contributed by atoms with Crippen molar-refractivity contribution in [2.45, 2.75) is 107 Å². The van der Waals surface area contributed by atoms with Gasteiger partial charge in [-0.3, -0.25) is 0 Å². The Bertz CT molecular complexity index is 2320. The number of hydrogen-bond acceptors (Lipinski definition) is 6. The number of thioether (sulfide) groups is 3. The quantitative estimate of drug-likeness (QED) is 0.0391. The van der Waals surface area contributed by atoms with Crippen LogP contribution < -0.4 is 0 Å². The SMILES string of the molecule is CCCCSc1ccc([S+]2CCCCC2)c2ccccc12.COCCOCCSc1ccc([S+]2CCCCC2)c2ccccc12.COCSc1ccc([S+]2CCCCC2)c2ccccc12. The van der Waals surface area contributed by atoms with Gasteiger partial charge in [0.15, 0.2) is 14.7 Å². The van der Waals surface area contributed by atoms with E-state index in [1.54, 1.807) is 40.7 Å². The minimum Gasteiger partial charge on any atom is -0.382 e. The van der Waals surface area contributed by atoms with Gasteiger partial charge in [0.1, 0.15) is 34.5 Å². The molecule has 0 saturated carbocycles. The van der Waals surface area contributed by atoms with Crippen LogP contribution in [-0.4, -0.2) is 86.0 Å². The van der Waals surface area contributed by atoms with E-state index in [9.17, 15) is 0 Å². The highest BCUT2D eigenvalue weighted by Crippen LogP contribution is 2.38. The lowest BCUT2D eigenvalue weighted by molar-refractivity contribution is 0.0790. The molecule has 0 aromatic heterocycles. The Morgan fingerprint density at radius 1 is 0.400 bits per heavy atom. The van der Waals surface area contributed by atoms with Crippen molar-refractivity contribution in [3.63, 3.8) is 0 Å². The van der Waals surface area contributed by atoms with Crippen LogP contribution in [-0.2, 0) is 46.9 Å². The van der Waals surface area contributed by atoms with Crippen molar-refractivity contribution in [1.82, 2.24) is 0 Å². The third-order valence-corrected chi connectivity index (χ3v) is 23.2. The molecule has 3 fully saturated rings. The highest BCUT2D eigenvalue weighted by atomic mass is 32.2. The Kier molecular flexibility index (Phi) is 22.4. The number of methoxy groups -OCH3 is 2. The maximum absolute atomic E-state index is 5.58. The van der Waals surface area contributed by atoms with E-state index in [0.29, 0.717) is 45.9 Å². The minimum atomic E-state index is 0.450. The summed E-state index contributed by atoms with van der Waals surface area (Å²) in [4.78, 5) is 9.00. The van der Waals surface area contributed by atoms with Gasteiger partial charge in [0.05, 0.1) is 25.8 Å². The molecule has 0 amide bonds. The molecule has 0 N–H and O–H groups in total. The lowest BCUT2D eigenvalue weighted by Gasteiger charge is -2.16. The first kappa shape index (κ1) is 50.9. The molecule has 0 atom stereocenters. The van der Waals surface area contributed by atoms with Gasteiger partial charge in [-0.25, -0.2) is 0 Å². The average Bonchev–Trinajstić information content (AvgIpc) is 3.38. The van der Waals surface area contributed by atoms with Crippen LogP contribution in [0.25, 0.3) is 32.3 Å². The van der Waals surface area contributed by atoms with Crippen molar-refractivity contribution in [2.75, 3.05) is 86.0 Å². The monoisotopic (exact) mass is 985 g/mol. The molecule has 3 heterocycles. The highest BCUT2D eigenvalue weighted by molar-refractivity contribution is 8.00. The van der Waals surface area contributed by atoms with Crippen molar-refractivity contribution < 1.29 is 14.2 Å². The molecular weight excluding hydrogens is 913 g/mol. The largest absolute Gasteiger partial charge is 0.382 e. The molecule has 3 saturated heterocycles. The van der Waals surface area contributed by atoms with Gasteiger partial charge < -0.3 is 14.2 Å². The maximum Gasteiger partial charge on any atom is 0.162 e. The van der Waals surface area contributed by atoms with Gasteiger partial charge in [0.25, 0.3) is 0 Å². The summed E-state index contributed by atoms with van der Waals surface area (Å²) in [5.41, 5.74) is 0. The van der Waals surface area contributed by atoms with Gasteiger partial charge >= 0.3 is 0 Å². The zero-order valence-electron chi connectivity index (χ0n) is 39.3. The smallest absolute Gasteiger partial charge is 0.162 e. The van der Waals surface area contributed by atoms with Crippen LogP contribution >= 0.6 is 35.3 Å². The predicted molar refractivity (Wildman–Crippen MR) is 296 cm³/mol. The number of benzene rings is 6. The van der Waals surface area contributed by atoms with Crippen molar-refractivity contribution in [3.8, 4) is 0 Å².